The van der Waals surface area contributed by atoms with Crippen LogP contribution in [0.25, 0.3) is 11.1 Å². The summed E-state index contributed by atoms with van der Waals surface area (Å²) in [6, 6.07) is 20.5. The van der Waals surface area contributed by atoms with Crippen molar-refractivity contribution in [3.8, 4) is 16.9 Å². The highest BCUT2D eigenvalue weighted by molar-refractivity contribution is 5.71. The molecule has 1 fully saturated rings. The molecule has 2 aliphatic heterocycles. The van der Waals surface area contributed by atoms with Crippen LogP contribution in [0.3, 0.4) is 0 Å². The van der Waals surface area contributed by atoms with Gasteiger partial charge in [0.05, 0.1) is 6.61 Å². The van der Waals surface area contributed by atoms with Crippen LogP contribution in [0, 0.1) is 0 Å². The second-order valence-electron chi connectivity index (χ2n) is 8.70. The summed E-state index contributed by atoms with van der Waals surface area (Å²) >= 11 is 0. The molecule has 4 heterocycles. The molecule has 6 bridgehead atoms. The van der Waals surface area contributed by atoms with Crippen molar-refractivity contribution < 1.29 is 4.74 Å². The lowest BCUT2D eigenvalue weighted by Gasteiger charge is -2.28. The van der Waals surface area contributed by atoms with Crippen molar-refractivity contribution in [2.75, 3.05) is 48.3 Å². The molecule has 0 unspecified atom stereocenters. The maximum atomic E-state index is 6.06. The molecule has 0 saturated carbocycles. The normalized spacial score (nSPS) is 15.3. The van der Waals surface area contributed by atoms with E-state index in [1.165, 1.54) is 5.56 Å². The lowest BCUT2D eigenvalue weighted by Crippen LogP contribution is -2.43. The van der Waals surface area contributed by atoms with Gasteiger partial charge in [-0.3, -0.25) is 0 Å². The van der Waals surface area contributed by atoms with Crippen LogP contribution in [0.2, 0.25) is 0 Å². The zero-order valence-corrected chi connectivity index (χ0v) is 19.4. The van der Waals surface area contributed by atoms with Gasteiger partial charge in [-0.2, -0.15) is 4.98 Å². The van der Waals surface area contributed by atoms with Crippen molar-refractivity contribution in [1.29, 1.82) is 0 Å². The van der Waals surface area contributed by atoms with Crippen LogP contribution in [0.15, 0.2) is 73.1 Å². The highest BCUT2D eigenvalue weighted by Gasteiger charge is 2.13. The lowest BCUT2D eigenvalue weighted by molar-refractivity contribution is 0.322. The van der Waals surface area contributed by atoms with Crippen molar-refractivity contribution >= 4 is 29.0 Å². The quantitative estimate of drug-likeness (QED) is 0.402. The molecule has 0 radical (unpaired) electrons. The van der Waals surface area contributed by atoms with Gasteiger partial charge in [-0.25, -0.2) is 9.97 Å². The minimum absolute atomic E-state index is 0.537. The average Bonchev–Trinajstić information content (AvgIpc) is 2.89. The number of anilines is 5. The maximum absolute atomic E-state index is 6.06. The number of rotatable bonds is 2. The molecule has 0 atom stereocenters. The predicted molar refractivity (Wildman–Crippen MR) is 139 cm³/mol. The van der Waals surface area contributed by atoms with E-state index < -0.39 is 0 Å². The Morgan fingerprint density at radius 1 is 0.829 bits per heavy atom. The van der Waals surface area contributed by atoms with E-state index in [0.29, 0.717) is 18.4 Å². The molecule has 0 amide bonds. The fourth-order valence-corrected chi connectivity index (χ4v) is 4.43. The maximum Gasteiger partial charge on any atom is 0.229 e. The number of aromatic nitrogens is 3. The molecule has 4 aromatic rings. The number of ether oxygens (including phenoxy) is 1. The molecule has 2 aliphatic rings. The Bertz CT molecular complexity index is 1320. The number of hydrogen-bond donors (Lipinski definition) is 3. The van der Waals surface area contributed by atoms with Gasteiger partial charge >= 0.3 is 0 Å². The van der Waals surface area contributed by atoms with Crippen molar-refractivity contribution in [2.45, 2.75) is 6.42 Å². The molecule has 8 nitrogen and oxygen atoms in total. The van der Waals surface area contributed by atoms with Gasteiger partial charge in [0.2, 0.25) is 5.95 Å². The predicted octanol–water partition coefficient (Wildman–Crippen LogP) is 4.37. The first-order valence-electron chi connectivity index (χ1n) is 11.9. The summed E-state index contributed by atoms with van der Waals surface area (Å²) in [5.41, 5.74) is 5.17. The molecule has 2 aromatic heterocycles. The third-order valence-electron chi connectivity index (χ3n) is 6.19. The molecule has 2 aromatic carbocycles. The molecule has 176 valence electrons. The van der Waals surface area contributed by atoms with E-state index in [0.717, 1.165) is 66.7 Å². The van der Waals surface area contributed by atoms with E-state index in [4.69, 9.17) is 9.72 Å². The molecule has 3 N–H and O–H groups in total. The van der Waals surface area contributed by atoms with Crippen LogP contribution in [0.4, 0.5) is 29.0 Å². The van der Waals surface area contributed by atoms with Crippen LogP contribution in [0.5, 0.6) is 5.75 Å². The van der Waals surface area contributed by atoms with E-state index in [9.17, 15) is 0 Å². The van der Waals surface area contributed by atoms with E-state index >= 15 is 0 Å². The first-order chi connectivity index (χ1) is 17.3. The number of piperazine rings is 1. The molecule has 1 saturated heterocycles. The smallest absolute Gasteiger partial charge is 0.229 e. The van der Waals surface area contributed by atoms with Gasteiger partial charge in [0.15, 0.2) is 0 Å². The summed E-state index contributed by atoms with van der Waals surface area (Å²) in [7, 11) is 0. The number of fused-ring (bicyclic) bond motifs is 6. The van der Waals surface area contributed by atoms with Gasteiger partial charge in [0.25, 0.3) is 0 Å². The van der Waals surface area contributed by atoms with E-state index in [1.807, 2.05) is 36.5 Å². The minimum atomic E-state index is 0.537. The first kappa shape index (κ1) is 21.4. The van der Waals surface area contributed by atoms with Crippen LogP contribution in [0.1, 0.15) is 5.56 Å². The Morgan fingerprint density at radius 2 is 1.77 bits per heavy atom. The van der Waals surface area contributed by atoms with Crippen LogP contribution in [-0.2, 0) is 6.42 Å². The Morgan fingerprint density at radius 3 is 2.66 bits per heavy atom. The topological polar surface area (TPSA) is 87.2 Å². The number of benzene rings is 2. The number of hydrogen-bond acceptors (Lipinski definition) is 8. The second-order valence-corrected chi connectivity index (χ2v) is 8.70. The number of nitrogens with one attached hydrogen (secondary N) is 3. The SMILES string of the molecule is c1cc2cc(c1)OCCc1cc(cc(-c3ccc(N4CCNCC4)nc3)c1)Nc1nccc(n1)N2. The highest BCUT2D eigenvalue weighted by atomic mass is 16.5. The molecular formula is C27H27N7O. The Labute approximate surface area is 204 Å². The van der Waals surface area contributed by atoms with Crippen LogP contribution in [-0.4, -0.2) is 47.7 Å². The fourth-order valence-electron chi connectivity index (χ4n) is 4.43. The van der Waals surface area contributed by atoms with Gasteiger partial charge in [0, 0.05) is 68.0 Å². The number of nitrogens with zero attached hydrogens (tertiary/aromatic N) is 4. The van der Waals surface area contributed by atoms with Crippen molar-refractivity contribution in [3.05, 3.63) is 78.6 Å². The Balaban J connectivity index is 1.33. The van der Waals surface area contributed by atoms with E-state index in [2.05, 4.69) is 61.2 Å². The van der Waals surface area contributed by atoms with Gasteiger partial charge in [-0.05, 0) is 53.6 Å². The summed E-state index contributed by atoms with van der Waals surface area (Å²) in [6.07, 6.45) is 4.47. The summed E-state index contributed by atoms with van der Waals surface area (Å²) in [5.74, 6) is 3.09. The summed E-state index contributed by atoms with van der Waals surface area (Å²) < 4.78 is 6.06. The van der Waals surface area contributed by atoms with E-state index in [-0.39, 0.29) is 0 Å². The zero-order chi connectivity index (χ0) is 23.5. The first-order valence-corrected chi connectivity index (χ1v) is 11.9. The molecule has 8 heteroatoms. The van der Waals surface area contributed by atoms with Crippen LogP contribution >= 0.6 is 0 Å². The third kappa shape index (κ3) is 5.02. The van der Waals surface area contributed by atoms with Crippen molar-refractivity contribution in [1.82, 2.24) is 20.3 Å². The highest BCUT2D eigenvalue weighted by Crippen LogP contribution is 2.29. The standard InChI is InChI=1S/C27H27N7O/c1-2-22-17-24(3-1)35-13-7-19-14-21(16-23(15-19)32-27-29-8-6-25(31-22)33-27)20-4-5-26(30-18-20)34-11-9-28-10-12-34/h1-6,8,14-18,28H,7,9-13H2,(H2,29,31,32,33). The monoisotopic (exact) mass is 465 g/mol. The number of pyridine rings is 1. The van der Waals surface area contributed by atoms with Crippen LogP contribution < -0.4 is 25.6 Å². The summed E-state index contributed by atoms with van der Waals surface area (Å²) in [6.45, 7) is 4.52. The lowest BCUT2D eigenvalue weighted by atomic mass is 10.0. The Hall–Kier alpha value is -4.17. The zero-order valence-electron chi connectivity index (χ0n) is 19.4. The summed E-state index contributed by atoms with van der Waals surface area (Å²) in [4.78, 5) is 16.1. The van der Waals surface area contributed by atoms with Crippen molar-refractivity contribution in [2.24, 2.45) is 0 Å². The molecule has 0 spiro atoms. The summed E-state index contributed by atoms with van der Waals surface area (Å²) in [5, 5.41) is 10.1. The molecular weight excluding hydrogens is 438 g/mol. The minimum Gasteiger partial charge on any atom is -0.493 e. The molecule has 0 aliphatic carbocycles. The van der Waals surface area contributed by atoms with Gasteiger partial charge in [-0.15, -0.1) is 0 Å². The van der Waals surface area contributed by atoms with Crippen molar-refractivity contribution in [3.63, 3.8) is 0 Å². The average molecular weight is 466 g/mol. The molecule has 35 heavy (non-hydrogen) atoms. The largest absolute Gasteiger partial charge is 0.493 e. The van der Waals surface area contributed by atoms with Gasteiger partial charge in [0.1, 0.15) is 17.4 Å². The van der Waals surface area contributed by atoms with Gasteiger partial charge < -0.3 is 25.6 Å². The fraction of sp³-hybridized carbons (Fsp3) is 0.222. The molecule has 6 rings (SSSR count). The Kier molecular flexibility index (Phi) is 5.86. The second kappa shape index (κ2) is 9.60. The van der Waals surface area contributed by atoms with E-state index in [1.54, 1.807) is 6.20 Å². The van der Waals surface area contributed by atoms with Gasteiger partial charge in [-0.1, -0.05) is 12.1 Å². The third-order valence-corrected chi connectivity index (χ3v) is 6.19.